The molecule has 10 nitrogen and oxygen atoms in total. The molecule has 1 amide bonds. The Balaban J connectivity index is 1.36. The first-order valence-corrected chi connectivity index (χ1v) is 14.5. The number of fused-ring (bicyclic) bond motifs is 1. The van der Waals surface area contributed by atoms with Crippen LogP contribution in [-0.4, -0.2) is 59.4 Å². The Morgan fingerprint density at radius 1 is 1.07 bits per heavy atom. The largest absolute Gasteiger partial charge is 0.497 e. The number of nitrogens with zero attached hydrogens (tertiary/aromatic N) is 4. The normalized spacial score (nSPS) is 19.2. The van der Waals surface area contributed by atoms with Gasteiger partial charge < -0.3 is 19.9 Å². The minimum Gasteiger partial charge on any atom is -0.497 e. The van der Waals surface area contributed by atoms with Crippen LogP contribution < -0.4 is 15.2 Å². The van der Waals surface area contributed by atoms with E-state index in [9.17, 15) is 9.59 Å². The van der Waals surface area contributed by atoms with Gasteiger partial charge in [0, 0.05) is 5.92 Å². The fourth-order valence-corrected chi connectivity index (χ4v) is 6.33. The first kappa shape index (κ1) is 27.7. The Morgan fingerprint density at radius 3 is 2.42 bits per heavy atom. The quantitative estimate of drug-likeness (QED) is 0.286. The third kappa shape index (κ3) is 6.28. The summed E-state index contributed by atoms with van der Waals surface area (Å²) in [4.78, 5) is 25.8. The van der Waals surface area contributed by atoms with Crippen LogP contribution in [0.5, 0.6) is 11.5 Å². The number of rotatable bonds is 9. The van der Waals surface area contributed by atoms with Crippen LogP contribution in [0.4, 0.5) is 5.13 Å². The van der Waals surface area contributed by atoms with Crippen molar-refractivity contribution in [3.05, 3.63) is 65.2 Å². The molecule has 0 saturated heterocycles. The van der Waals surface area contributed by atoms with Crippen molar-refractivity contribution >= 4 is 51.9 Å². The van der Waals surface area contributed by atoms with E-state index in [1.165, 1.54) is 16.3 Å². The molecule has 208 valence electrons. The number of carbonyl (C=O) groups is 2. The van der Waals surface area contributed by atoms with Crippen molar-refractivity contribution in [1.82, 2.24) is 15.2 Å². The maximum absolute atomic E-state index is 13.5. The van der Waals surface area contributed by atoms with Gasteiger partial charge in [0.25, 0.3) is 5.91 Å². The van der Waals surface area contributed by atoms with E-state index in [0.717, 1.165) is 64.9 Å². The third-order valence-corrected chi connectivity index (χ3v) is 8.62. The van der Waals surface area contributed by atoms with Crippen molar-refractivity contribution in [2.75, 3.05) is 32.3 Å². The van der Waals surface area contributed by atoms with Crippen molar-refractivity contribution in [1.29, 1.82) is 0 Å². The average molecular weight is 580 g/mol. The average Bonchev–Trinajstić information content (AvgIpc) is 3.59. The highest BCUT2D eigenvalue weighted by Crippen LogP contribution is 2.44. The highest BCUT2D eigenvalue weighted by Gasteiger charge is 2.43. The highest BCUT2D eigenvalue weighted by molar-refractivity contribution is 8.01. The Hall–Kier alpha value is -3.90. The number of esters is 1. The van der Waals surface area contributed by atoms with Gasteiger partial charge in [-0.3, -0.25) is 9.59 Å². The minimum absolute atomic E-state index is 0.00425. The fourth-order valence-electron chi connectivity index (χ4n) is 4.89. The molecule has 3 aromatic rings. The van der Waals surface area contributed by atoms with E-state index < -0.39 is 12.6 Å². The molecule has 1 aromatic heterocycles. The summed E-state index contributed by atoms with van der Waals surface area (Å²) in [5.74, 6) is 0.620. The predicted molar refractivity (Wildman–Crippen MR) is 154 cm³/mol. The highest BCUT2D eigenvalue weighted by atomic mass is 32.2. The van der Waals surface area contributed by atoms with Gasteiger partial charge >= 0.3 is 5.97 Å². The number of aromatic nitrogens is 2. The Labute approximate surface area is 240 Å². The number of thioether (sulfide) groups is 1. The van der Waals surface area contributed by atoms with Crippen LogP contribution in [0.15, 0.2) is 63.5 Å². The van der Waals surface area contributed by atoms with Crippen molar-refractivity contribution in [2.45, 2.75) is 29.6 Å². The molecule has 40 heavy (non-hydrogen) atoms. The second-order valence-corrected chi connectivity index (χ2v) is 11.5. The van der Waals surface area contributed by atoms with Crippen LogP contribution in [0, 0.1) is 5.92 Å². The van der Waals surface area contributed by atoms with E-state index in [2.05, 4.69) is 16.3 Å². The number of nitrogens with two attached hydrogens (primary N) is 1. The van der Waals surface area contributed by atoms with Crippen molar-refractivity contribution in [2.24, 2.45) is 11.0 Å². The smallest absolute Gasteiger partial charge is 0.316 e. The molecule has 2 unspecified atom stereocenters. The van der Waals surface area contributed by atoms with Gasteiger partial charge in [0.2, 0.25) is 5.13 Å². The molecule has 2 atom stereocenters. The lowest BCUT2D eigenvalue weighted by molar-refractivity contribution is -0.151. The molecular weight excluding hydrogens is 550 g/mol. The standard InChI is InChI=1S/C28H29N5O5S2/c1-36-20-10-6-17(7-11-20)14-19-4-3-5-22-25(19)32-33(26(22)18-8-12-21(37-2)13-9-18)23(34)15-38-24(35)16-39-28-31-30-27(29)40-28/h6-14,22,26H,3-5,15-16H2,1-2H3,(H2,29,30). The molecule has 5 rings (SSSR count). The second-order valence-electron chi connectivity index (χ2n) is 9.24. The van der Waals surface area contributed by atoms with Crippen LogP contribution >= 0.6 is 23.1 Å². The van der Waals surface area contributed by atoms with Gasteiger partial charge in [-0.25, -0.2) is 5.01 Å². The summed E-state index contributed by atoms with van der Waals surface area (Å²) >= 11 is 2.35. The number of methoxy groups -OCH3 is 2. The van der Waals surface area contributed by atoms with Gasteiger partial charge in [-0.1, -0.05) is 47.4 Å². The lowest BCUT2D eigenvalue weighted by atomic mass is 9.77. The second kappa shape index (κ2) is 12.5. The van der Waals surface area contributed by atoms with Gasteiger partial charge in [-0.05, 0) is 66.3 Å². The van der Waals surface area contributed by atoms with E-state index >= 15 is 0 Å². The van der Waals surface area contributed by atoms with Gasteiger partial charge in [0.15, 0.2) is 10.9 Å². The number of anilines is 1. The maximum Gasteiger partial charge on any atom is 0.316 e. The monoisotopic (exact) mass is 579 g/mol. The third-order valence-electron chi connectivity index (χ3n) is 6.76. The van der Waals surface area contributed by atoms with E-state index in [4.69, 9.17) is 25.0 Å². The molecule has 1 aliphatic carbocycles. The molecule has 2 N–H and O–H groups in total. The molecule has 0 spiro atoms. The predicted octanol–water partition coefficient (Wildman–Crippen LogP) is 4.60. The Kier molecular flexibility index (Phi) is 8.66. The van der Waals surface area contributed by atoms with Crippen molar-refractivity contribution < 1.29 is 23.8 Å². The topological polar surface area (TPSA) is 129 Å². The summed E-state index contributed by atoms with van der Waals surface area (Å²) in [5.41, 5.74) is 9.55. The van der Waals surface area contributed by atoms with Gasteiger partial charge in [0.1, 0.15) is 11.5 Å². The molecule has 1 fully saturated rings. The molecular formula is C28H29N5O5S2. The lowest BCUT2D eigenvalue weighted by Gasteiger charge is -2.29. The number of hydrogen-bond acceptors (Lipinski definition) is 11. The molecule has 2 heterocycles. The number of nitrogen functional groups attached to an aromatic ring is 1. The van der Waals surface area contributed by atoms with Gasteiger partial charge in [-0.15, -0.1) is 10.2 Å². The molecule has 2 aromatic carbocycles. The van der Waals surface area contributed by atoms with E-state index in [1.807, 2.05) is 48.5 Å². The number of hydrazone groups is 1. The SMILES string of the molecule is COc1ccc(C=C2CCCC3C2=NN(C(=O)COC(=O)CSc2nnc(N)s2)C3c2ccc(OC)cc2)cc1. The number of ether oxygens (including phenoxy) is 3. The number of hydrogen-bond donors (Lipinski definition) is 1. The lowest BCUT2D eigenvalue weighted by Crippen LogP contribution is -2.34. The zero-order chi connectivity index (χ0) is 28.1. The Morgan fingerprint density at radius 2 is 1.77 bits per heavy atom. The molecule has 2 aliphatic rings. The first-order chi connectivity index (χ1) is 19.4. The van der Waals surface area contributed by atoms with E-state index in [0.29, 0.717) is 9.47 Å². The van der Waals surface area contributed by atoms with Crippen LogP contribution in [-0.2, 0) is 14.3 Å². The number of benzene rings is 2. The molecule has 1 saturated carbocycles. The van der Waals surface area contributed by atoms with Crippen molar-refractivity contribution in [3.8, 4) is 11.5 Å². The van der Waals surface area contributed by atoms with Crippen molar-refractivity contribution in [3.63, 3.8) is 0 Å². The molecule has 12 heteroatoms. The van der Waals surface area contributed by atoms with Gasteiger partial charge in [-0.2, -0.15) is 5.10 Å². The molecule has 0 bridgehead atoms. The van der Waals surface area contributed by atoms with E-state index in [-0.39, 0.29) is 23.6 Å². The maximum atomic E-state index is 13.5. The first-order valence-electron chi connectivity index (χ1n) is 12.7. The number of allylic oxidation sites excluding steroid dienone is 1. The summed E-state index contributed by atoms with van der Waals surface area (Å²) < 4.78 is 16.5. The zero-order valence-corrected chi connectivity index (χ0v) is 23.7. The zero-order valence-electron chi connectivity index (χ0n) is 22.1. The summed E-state index contributed by atoms with van der Waals surface area (Å²) in [6.45, 7) is -0.411. The van der Waals surface area contributed by atoms with Gasteiger partial charge in [0.05, 0.1) is 31.7 Å². The molecule has 0 radical (unpaired) electrons. The summed E-state index contributed by atoms with van der Waals surface area (Å²) in [5, 5.41) is 14.3. The summed E-state index contributed by atoms with van der Waals surface area (Å²) in [7, 11) is 3.26. The number of amides is 1. The van der Waals surface area contributed by atoms with E-state index in [1.54, 1.807) is 14.2 Å². The van der Waals surface area contributed by atoms with Crippen LogP contribution in [0.3, 0.4) is 0 Å². The molecule has 1 aliphatic heterocycles. The van der Waals surface area contributed by atoms with Crippen LogP contribution in [0.2, 0.25) is 0 Å². The summed E-state index contributed by atoms with van der Waals surface area (Å²) in [6, 6.07) is 15.2. The summed E-state index contributed by atoms with van der Waals surface area (Å²) in [6.07, 6.45) is 4.85. The fraction of sp³-hybridized carbons (Fsp3) is 0.321. The van der Waals surface area contributed by atoms with Crippen LogP contribution in [0.25, 0.3) is 6.08 Å². The minimum atomic E-state index is -0.530. The van der Waals surface area contributed by atoms with Crippen LogP contribution in [0.1, 0.15) is 36.4 Å². The number of carbonyl (C=O) groups excluding carboxylic acids is 2. The Bertz CT molecular complexity index is 1420.